The first-order valence-corrected chi connectivity index (χ1v) is 9.23. The number of nitrogens with one attached hydrogen (secondary N) is 1. The van der Waals surface area contributed by atoms with Crippen LogP contribution in [0.3, 0.4) is 0 Å². The minimum Gasteiger partial charge on any atom is -0.338 e. The van der Waals surface area contributed by atoms with E-state index in [1.807, 2.05) is 17.5 Å². The minimum atomic E-state index is -0.204. The summed E-state index contributed by atoms with van der Waals surface area (Å²) >= 11 is 1.42. The normalized spacial score (nSPS) is 15.6. The van der Waals surface area contributed by atoms with Gasteiger partial charge in [-0.3, -0.25) is 4.79 Å². The Bertz CT molecular complexity index is 756. The van der Waals surface area contributed by atoms with Crippen LogP contribution in [0.5, 0.6) is 0 Å². The van der Waals surface area contributed by atoms with E-state index in [-0.39, 0.29) is 11.5 Å². The number of rotatable bonds is 5. The molecule has 0 saturated carbocycles. The van der Waals surface area contributed by atoms with Crippen molar-refractivity contribution in [3.8, 4) is 6.07 Å². The molecule has 25 heavy (non-hydrogen) atoms. The molecule has 128 valence electrons. The topological polar surface area (TPSA) is 69.0 Å². The fourth-order valence-electron chi connectivity index (χ4n) is 3.03. The third kappa shape index (κ3) is 4.68. The Hall–Kier alpha value is -2.65. The van der Waals surface area contributed by atoms with E-state index in [1.165, 1.54) is 23.1 Å². The molecule has 1 saturated heterocycles. The summed E-state index contributed by atoms with van der Waals surface area (Å²) in [6.45, 7) is 1.40. The van der Waals surface area contributed by atoms with E-state index >= 15 is 0 Å². The molecule has 1 amide bonds. The Morgan fingerprint density at radius 1 is 1.36 bits per heavy atom. The predicted molar refractivity (Wildman–Crippen MR) is 98.9 cm³/mol. The lowest BCUT2D eigenvalue weighted by Gasteiger charge is -2.32. The fourth-order valence-corrected chi connectivity index (χ4v) is 3.53. The molecule has 3 rings (SSSR count). The van der Waals surface area contributed by atoms with Gasteiger partial charge in [0.05, 0.1) is 0 Å². The van der Waals surface area contributed by atoms with E-state index in [9.17, 15) is 10.1 Å². The molecule has 0 unspecified atom stereocenters. The van der Waals surface area contributed by atoms with Gasteiger partial charge in [-0.15, -0.1) is 11.3 Å². The van der Waals surface area contributed by atoms with E-state index in [4.69, 9.17) is 0 Å². The number of anilines is 1. The lowest BCUT2D eigenvalue weighted by atomic mass is 9.90. The maximum atomic E-state index is 12.5. The first kappa shape index (κ1) is 17.2. The zero-order valence-electron chi connectivity index (χ0n) is 13.9. The third-order valence-corrected chi connectivity index (χ3v) is 5.10. The number of likely N-dealkylation sites (tertiary alicyclic amines) is 1. The number of carbonyl (C=O) groups excluding carboxylic acids is 1. The van der Waals surface area contributed by atoms with Crippen LogP contribution in [0, 0.1) is 17.2 Å². The summed E-state index contributed by atoms with van der Waals surface area (Å²) in [5.41, 5.74) is 1.47. The molecule has 1 N–H and O–H groups in total. The highest BCUT2D eigenvalue weighted by molar-refractivity contribution is 7.13. The molecule has 1 aromatic heterocycles. The van der Waals surface area contributed by atoms with Gasteiger partial charge in [-0.25, -0.2) is 4.98 Å². The van der Waals surface area contributed by atoms with E-state index in [0.717, 1.165) is 19.3 Å². The van der Waals surface area contributed by atoms with E-state index in [1.54, 1.807) is 11.1 Å². The molecule has 1 fully saturated rings. The molecule has 2 heterocycles. The number of thiazole rings is 1. The molecule has 5 nitrogen and oxygen atoms in total. The number of hydrogen-bond donors (Lipinski definition) is 1. The third-order valence-electron chi connectivity index (χ3n) is 4.39. The van der Waals surface area contributed by atoms with Crippen molar-refractivity contribution < 1.29 is 4.79 Å². The molecule has 0 radical (unpaired) electrons. The Kier molecular flexibility index (Phi) is 5.81. The van der Waals surface area contributed by atoms with Gasteiger partial charge < -0.3 is 10.2 Å². The van der Waals surface area contributed by atoms with Crippen LogP contribution < -0.4 is 5.32 Å². The summed E-state index contributed by atoms with van der Waals surface area (Å²) in [6.07, 6.45) is 6.12. The first-order chi connectivity index (χ1) is 12.3. The largest absolute Gasteiger partial charge is 0.338 e. The number of aromatic nitrogens is 1. The Balaban J connectivity index is 1.53. The zero-order chi connectivity index (χ0) is 17.5. The quantitative estimate of drug-likeness (QED) is 0.661. The highest BCUT2D eigenvalue weighted by Crippen LogP contribution is 2.22. The van der Waals surface area contributed by atoms with Crippen molar-refractivity contribution in [2.75, 3.05) is 18.4 Å². The molecule has 1 aliphatic heterocycles. The smallest absolute Gasteiger partial charge is 0.266 e. The van der Waals surface area contributed by atoms with Crippen molar-refractivity contribution in [2.45, 2.75) is 19.3 Å². The lowest BCUT2D eigenvalue weighted by molar-refractivity contribution is -0.128. The first-order valence-electron chi connectivity index (χ1n) is 8.36. The molecule has 0 aliphatic carbocycles. The molecule has 1 aromatic carbocycles. The van der Waals surface area contributed by atoms with Gasteiger partial charge in [0.1, 0.15) is 11.6 Å². The monoisotopic (exact) mass is 352 g/mol. The summed E-state index contributed by atoms with van der Waals surface area (Å²) in [5.74, 6) is 0.388. The summed E-state index contributed by atoms with van der Waals surface area (Å²) in [7, 11) is 0. The van der Waals surface area contributed by atoms with E-state index in [0.29, 0.717) is 24.1 Å². The van der Waals surface area contributed by atoms with Crippen molar-refractivity contribution in [1.29, 1.82) is 5.26 Å². The summed E-state index contributed by atoms with van der Waals surface area (Å²) in [4.78, 5) is 18.4. The van der Waals surface area contributed by atoms with Crippen LogP contribution in [0.1, 0.15) is 18.4 Å². The fraction of sp³-hybridized carbons (Fsp3) is 0.316. The molecule has 0 spiro atoms. The Morgan fingerprint density at radius 3 is 2.76 bits per heavy atom. The average molecular weight is 352 g/mol. The zero-order valence-corrected chi connectivity index (χ0v) is 14.7. The SMILES string of the molecule is N#C/C(=C/Nc1nccs1)C(=O)N1CCC(Cc2ccccc2)CC1. The van der Waals surface area contributed by atoms with Gasteiger partial charge >= 0.3 is 0 Å². The van der Waals surface area contributed by atoms with Gasteiger partial charge in [-0.2, -0.15) is 5.26 Å². The molecule has 6 heteroatoms. The van der Waals surface area contributed by atoms with Crippen molar-refractivity contribution in [3.63, 3.8) is 0 Å². The number of nitrogens with zero attached hydrogens (tertiary/aromatic N) is 3. The van der Waals surface area contributed by atoms with Crippen LogP contribution in [0.2, 0.25) is 0 Å². The molecule has 1 aliphatic rings. The van der Waals surface area contributed by atoms with Crippen LogP contribution in [-0.2, 0) is 11.2 Å². The van der Waals surface area contributed by atoms with Gasteiger partial charge in [0.2, 0.25) is 0 Å². The second kappa shape index (κ2) is 8.45. The number of benzene rings is 1. The maximum Gasteiger partial charge on any atom is 0.266 e. The van der Waals surface area contributed by atoms with Gasteiger partial charge in [0.15, 0.2) is 5.13 Å². The Morgan fingerprint density at radius 2 is 2.12 bits per heavy atom. The predicted octanol–water partition coefficient (Wildman–Crippen LogP) is 3.44. The number of amides is 1. The van der Waals surface area contributed by atoms with E-state index < -0.39 is 0 Å². The summed E-state index contributed by atoms with van der Waals surface area (Å²) < 4.78 is 0. The molecule has 0 atom stereocenters. The second-order valence-corrected chi connectivity index (χ2v) is 6.97. The molecule has 0 bridgehead atoms. The van der Waals surface area contributed by atoms with Crippen LogP contribution in [0.25, 0.3) is 0 Å². The van der Waals surface area contributed by atoms with Gasteiger partial charge in [-0.1, -0.05) is 30.3 Å². The van der Waals surface area contributed by atoms with Crippen molar-refractivity contribution in [2.24, 2.45) is 5.92 Å². The van der Waals surface area contributed by atoms with Crippen LogP contribution in [0.15, 0.2) is 53.7 Å². The number of hydrogen-bond acceptors (Lipinski definition) is 5. The van der Waals surface area contributed by atoms with Crippen molar-refractivity contribution >= 4 is 22.4 Å². The highest BCUT2D eigenvalue weighted by Gasteiger charge is 2.25. The summed E-state index contributed by atoms with van der Waals surface area (Å²) in [5, 5.41) is 14.7. The minimum absolute atomic E-state index is 0.122. The number of nitriles is 1. The summed E-state index contributed by atoms with van der Waals surface area (Å²) in [6, 6.07) is 12.5. The second-order valence-electron chi connectivity index (χ2n) is 6.08. The van der Waals surface area contributed by atoms with Crippen LogP contribution in [0.4, 0.5) is 5.13 Å². The highest BCUT2D eigenvalue weighted by atomic mass is 32.1. The van der Waals surface area contributed by atoms with Crippen molar-refractivity contribution in [1.82, 2.24) is 9.88 Å². The van der Waals surface area contributed by atoms with Crippen LogP contribution >= 0.6 is 11.3 Å². The molecular formula is C19H20N4OS. The van der Waals surface area contributed by atoms with Gasteiger partial charge in [0.25, 0.3) is 5.91 Å². The van der Waals surface area contributed by atoms with Crippen LogP contribution in [-0.4, -0.2) is 28.9 Å². The van der Waals surface area contributed by atoms with Gasteiger partial charge in [-0.05, 0) is 30.7 Å². The number of piperidine rings is 1. The average Bonchev–Trinajstić information content (AvgIpc) is 3.17. The molecular weight excluding hydrogens is 332 g/mol. The van der Waals surface area contributed by atoms with Crippen molar-refractivity contribution in [3.05, 3.63) is 59.2 Å². The number of carbonyl (C=O) groups is 1. The molecule has 2 aromatic rings. The van der Waals surface area contributed by atoms with E-state index in [2.05, 4.69) is 34.6 Å². The Labute approximate surface area is 151 Å². The standard InChI is InChI=1S/C19H20N4OS/c20-13-17(14-22-19-21-8-11-25-19)18(24)23-9-6-16(7-10-23)12-15-4-2-1-3-5-15/h1-5,8,11,14,16H,6-7,9-10,12H2,(H,21,22)/b17-14-. The lowest BCUT2D eigenvalue weighted by Crippen LogP contribution is -2.39. The maximum absolute atomic E-state index is 12.5. The van der Waals surface area contributed by atoms with Gasteiger partial charge in [0, 0.05) is 30.9 Å².